The molecule has 0 radical (unpaired) electrons. The fourth-order valence-electron chi connectivity index (χ4n) is 2.19. The van der Waals surface area contributed by atoms with E-state index in [0.29, 0.717) is 13.2 Å². The summed E-state index contributed by atoms with van der Waals surface area (Å²) in [5.74, 6) is 1.88. The number of nitrogens with one attached hydrogen (secondary N) is 1. The molecule has 19 heavy (non-hydrogen) atoms. The number of benzene rings is 1. The van der Waals surface area contributed by atoms with E-state index in [1.54, 1.807) is 7.11 Å². The summed E-state index contributed by atoms with van der Waals surface area (Å²) in [5, 5.41) is 3.52. The van der Waals surface area contributed by atoms with Crippen LogP contribution < -0.4 is 5.32 Å². The van der Waals surface area contributed by atoms with E-state index in [1.165, 1.54) is 5.56 Å². The second-order valence-corrected chi connectivity index (χ2v) is 5.00. The zero-order valence-electron chi connectivity index (χ0n) is 11.8. The lowest BCUT2D eigenvalue weighted by atomic mass is 9.93. The third-order valence-corrected chi connectivity index (χ3v) is 3.29. The van der Waals surface area contributed by atoms with Gasteiger partial charge in [0.2, 0.25) is 0 Å². The molecule has 3 nitrogen and oxygen atoms in total. The van der Waals surface area contributed by atoms with Crippen LogP contribution in [0.25, 0.3) is 0 Å². The zero-order valence-corrected chi connectivity index (χ0v) is 11.8. The van der Waals surface area contributed by atoms with Gasteiger partial charge in [-0.1, -0.05) is 30.3 Å². The minimum atomic E-state index is -0.225. The normalized spacial score (nSPS) is 14.3. The van der Waals surface area contributed by atoms with Crippen LogP contribution in [0.2, 0.25) is 0 Å². The Labute approximate surface area is 114 Å². The summed E-state index contributed by atoms with van der Waals surface area (Å²) >= 11 is 0. The van der Waals surface area contributed by atoms with Gasteiger partial charge in [-0.2, -0.15) is 0 Å². The Balaban J connectivity index is 2.11. The molecule has 1 aromatic carbocycles. The highest BCUT2D eigenvalue weighted by Gasteiger charge is 2.26. The molecule has 1 N–H and O–H groups in total. The van der Waals surface area contributed by atoms with Crippen LogP contribution in [0.5, 0.6) is 0 Å². The van der Waals surface area contributed by atoms with Crippen molar-refractivity contribution in [2.45, 2.75) is 25.9 Å². The zero-order chi connectivity index (χ0) is 13.7. The summed E-state index contributed by atoms with van der Waals surface area (Å²) in [6, 6.07) is 14.3. The highest BCUT2D eigenvalue weighted by atomic mass is 16.5. The standard InChI is InChI=1S/C16H21NO2/c1-13-9-10-15(19-13)11-17-16(2,12-18-3)14-7-5-4-6-8-14/h4-10,17H,11-12H2,1-3H3/t16-/m0/s1. The number of methoxy groups -OCH3 is 1. The molecule has 0 bridgehead atoms. The average Bonchev–Trinajstić information content (AvgIpc) is 2.84. The average molecular weight is 259 g/mol. The molecule has 0 amide bonds. The lowest BCUT2D eigenvalue weighted by molar-refractivity contribution is 0.115. The Morgan fingerprint density at radius 1 is 1.16 bits per heavy atom. The first kappa shape index (κ1) is 13.8. The molecule has 1 atom stereocenters. The van der Waals surface area contributed by atoms with Crippen molar-refractivity contribution in [3.05, 3.63) is 59.5 Å². The molecule has 0 aliphatic carbocycles. The molecule has 3 heteroatoms. The summed E-state index contributed by atoms with van der Waals surface area (Å²) in [6.07, 6.45) is 0. The molecular weight excluding hydrogens is 238 g/mol. The van der Waals surface area contributed by atoms with Crippen molar-refractivity contribution in [1.82, 2.24) is 5.32 Å². The van der Waals surface area contributed by atoms with Gasteiger partial charge >= 0.3 is 0 Å². The molecule has 0 saturated heterocycles. The molecule has 0 unspecified atom stereocenters. The van der Waals surface area contributed by atoms with Crippen LogP contribution in [0, 0.1) is 6.92 Å². The fraction of sp³-hybridized carbons (Fsp3) is 0.375. The molecule has 2 rings (SSSR count). The molecule has 102 valence electrons. The van der Waals surface area contributed by atoms with Gasteiger partial charge < -0.3 is 9.15 Å². The molecular formula is C16H21NO2. The molecule has 1 heterocycles. The van der Waals surface area contributed by atoms with Gasteiger partial charge in [0.05, 0.1) is 18.7 Å². The molecule has 0 aliphatic rings. The maximum atomic E-state index is 5.59. The summed E-state index contributed by atoms with van der Waals surface area (Å²) < 4.78 is 11.0. The minimum Gasteiger partial charge on any atom is -0.465 e. The van der Waals surface area contributed by atoms with Crippen LogP contribution in [0.15, 0.2) is 46.9 Å². The maximum absolute atomic E-state index is 5.59. The minimum absolute atomic E-state index is 0.225. The third-order valence-electron chi connectivity index (χ3n) is 3.29. The van der Waals surface area contributed by atoms with Gasteiger partial charge in [-0.3, -0.25) is 5.32 Å². The van der Waals surface area contributed by atoms with Gasteiger partial charge in [0.1, 0.15) is 11.5 Å². The highest BCUT2D eigenvalue weighted by molar-refractivity contribution is 5.24. The number of furan rings is 1. The Kier molecular flexibility index (Phi) is 4.40. The largest absolute Gasteiger partial charge is 0.465 e. The van der Waals surface area contributed by atoms with Crippen LogP contribution >= 0.6 is 0 Å². The number of aryl methyl sites for hydroxylation is 1. The van der Waals surface area contributed by atoms with Crippen molar-refractivity contribution in [3.8, 4) is 0 Å². The van der Waals surface area contributed by atoms with Crippen LogP contribution in [0.3, 0.4) is 0 Å². The van der Waals surface area contributed by atoms with E-state index in [-0.39, 0.29) is 5.54 Å². The second kappa shape index (κ2) is 6.04. The van der Waals surface area contributed by atoms with Crippen molar-refractivity contribution in [3.63, 3.8) is 0 Å². The predicted molar refractivity (Wildman–Crippen MR) is 76.0 cm³/mol. The van der Waals surface area contributed by atoms with Gasteiger partial charge in [-0.15, -0.1) is 0 Å². The highest BCUT2D eigenvalue weighted by Crippen LogP contribution is 2.21. The fourth-order valence-corrected chi connectivity index (χ4v) is 2.19. The molecule has 0 aliphatic heterocycles. The lowest BCUT2D eigenvalue weighted by Crippen LogP contribution is -2.42. The lowest BCUT2D eigenvalue weighted by Gasteiger charge is -2.30. The van der Waals surface area contributed by atoms with Crippen LogP contribution in [-0.4, -0.2) is 13.7 Å². The van der Waals surface area contributed by atoms with Gasteiger partial charge in [0.25, 0.3) is 0 Å². The molecule has 0 fully saturated rings. The van der Waals surface area contributed by atoms with E-state index in [1.807, 2.05) is 37.3 Å². The molecule has 0 saturated carbocycles. The number of hydrogen-bond acceptors (Lipinski definition) is 3. The third kappa shape index (κ3) is 3.46. The van der Waals surface area contributed by atoms with Gasteiger partial charge in [-0.25, -0.2) is 0 Å². The second-order valence-electron chi connectivity index (χ2n) is 5.00. The monoisotopic (exact) mass is 259 g/mol. The van der Waals surface area contributed by atoms with E-state index < -0.39 is 0 Å². The molecule has 2 aromatic rings. The Morgan fingerprint density at radius 2 is 1.89 bits per heavy atom. The van der Waals surface area contributed by atoms with Crippen molar-refractivity contribution in [2.24, 2.45) is 0 Å². The van der Waals surface area contributed by atoms with Crippen molar-refractivity contribution >= 4 is 0 Å². The smallest absolute Gasteiger partial charge is 0.117 e. The van der Waals surface area contributed by atoms with Crippen LogP contribution in [0.1, 0.15) is 24.0 Å². The first-order chi connectivity index (χ1) is 9.14. The van der Waals surface area contributed by atoms with Crippen molar-refractivity contribution in [1.29, 1.82) is 0 Å². The van der Waals surface area contributed by atoms with E-state index in [4.69, 9.17) is 9.15 Å². The molecule has 0 spiro atoms. The summed E-state index contributed by atoms with van der Waals surface area (Å²) in [7, 11) is 1.72. The molecule has 1 aromatic heterocycles. The number of ether oxygens (including phenoxy) is 1. The Morgan fingerprint density at radius 3 is 2.47 bits per heavy atom. The number of rotatable bonds is 6. The summed E-state index contributed by atoms with van der Waals surface area (Å²) in [4.78, 5) is 0. The van der Waals surface area contributed by atoms with Gasteiger partial charge in [0, 0.05) is 7.11 Å². The van der Waals surface area contributed by atoms with E-state index >= 15 is 0 Å². The quantitative estimate of drug-likeness (QED) is 0.864. The van der Waals surface area contributed by atoms with Crippen molar-refractivity contribution in [2.75, 3.05) is 13.7 Å². The van der Waals surface area contributed by atoms with E-state index in [2.05, 4.69) is 24.4 Å². The van der Waals surface area contributed by atoms with E-state index in [0.717, 1.165) is 11.5 Å². The van der Waals surface area contributed by atoms with Crippen molar-refractivity contribution < 1.29 is 9.15 Å². The van der Waals surface area contributed by atoms with E-state index in [9.17, 15) is 0 Å². The Hall–Kier alpha value is -1.58. The van der Waals surface area contributed by atoms with Crippen LogP contribution in [0.4, 0.5) is 0 Å². The summed E-state index contributed by atoms with van der Waals surface area (Å²) in [5.41, 5.74) is 0.983. The predicted octanol–water partition coefficient (Wildman–Crippen LogP) is 3.24. The van der Waals surface area contributed by atoms with Gasteiger partial charge in [0.15, 0.2) is 0 Å². The van der Waals surface area contributed by atoms with Gasteiger partial charge in [-0.05, 0) is 31.5 Å². The Bertz CT molecular complexity index is 506. The maximum Gasteiger partial charge on any atom is 0.117 e. The first-order valence-electron chi connectivity index (χ1n) is 6.49. The number of hydrogen-bond donors (Lipinski definition) is 1. The first-order valence-corrected chi connectivity index (χ1v) is 6.49. The van der Waals surface area contributed by atoms with Crippen LogP contribution in [-0.2, 0) is 16.8 Å². The summed E-state index contributed by atoms with van der Waals surface area (Å²) in [6.45, 7) is 5.38. The SMILES string of the molecule is COC[C@](C)(NCc1ccc(C)o1)c1ccccc1. The topological polar surface area (TPSA) is 34.4 Å².